The van der Waals surface area contributed by atoms with Crippen molar-refractivity contribution in [3.05, 3.63) is 143 Å². The first-order valence-electron chi connectivity index (χ1n) is 15.8. The van der Waals surface area contributed by atoms with Gasteiger partial charge in [-0.3, -0.25) is 9.97 Å². The summed E-state index contributed by atoms with van der Waals surface area (Å²) in [5, 5.41) is 0. The topological polar surface area (TPSA) is 41.5 Å². The van der Waals surface area contributed by atoms with Crippen molar-refractivity contribution in [1.29, 1.82) is 0 Å². The van der Waals surface area contributed by atoms with E-state index in [2.05, 4.69) is 128 Å². The van der Waals surface area contributed by atoms with Crippen LogP contribution < -0.4 is 14.5 Å². The van der Waals surface area contributed by atoms with Crippen LogP contribution in [0, 0.1) is 41.5 Å². The monoisotopic (exact) mass is 602 g/mol. The van der Waals surface area contributed by atoms with Gasteiger partial charge in [-0.2, -0.15) is 0 Å². The Morgan fingerprint density at radius 2 is 1.17 bits per heavy atom. The number of benzene rings is 4. The van der Waals surface area contributed by atoms with Crippen molar-refractivity contribution in [1.82, 2.24) is 9.97 Å². The van der Waals surface area contributed by atoms with E-state index in [1.54, 1.807) is 12.4 Å². The first kappa shape index (κ1) is 29.3. The average Bonchev–Trinajstić information content (AvgIpc) is 3.40. The summed E-state index contributed by atoms with van der Waals surface area (Å²) < 4.78 is 6.65. The van der Waals surface area contributed by atoms with Crippen LogP contribution in [0.1, 0.15) is 33.4 Å². The van der Waals surface area contributed by atoms with Crippen LogP contribution in [-0.2, 0) is 0 Å². The first-order valence-corrected chi connectivity index (χ1v) is 15.8. The van der Waals surface area contributed by atoms with Gasteiger partial charge in [-0.1, -0.05) is 53.6 Å². The van der Waals surface area contributed by atoms with E-state index < -0.39 is 0 Å². The third-order valence-corrected chi connectivity index (χ3v) is 8.71. The van der Waals surface area contributed by atoms with Crippen molar-refractivity contribution in [2.24, 2.45) is 0 Å². The lowest BCUT2D eigenvalue weighted by Gasteiger charge is -2.26. The number of hydrogen-bond donors (Lipinski definition) is 0. The Bertz CT molecular complexity index is 2040. The zero-order valence-corrected chi connectivity index (χ0v) is 27.3. The fourth-order valence-electron chi connectivity index (χ4n) is 7.07. The van der Waals surface area contributed by atoms with Crippen molar-refractivity contribution >= 4 is 22.7 Å². The number of fused-ring (bicyclic) bond motifs is 1. The van der Waals surface area contributed by atoms with E-state index in [1.807, 2.05) is 30.3 Å². The molecule has 0 atom stereocenters. The molecule has 1 aliphatic rings. The zero-order valence-electron chi connectivity index (χ0n) is 27.3. The summed E-state index contributed by atoms with van der Waals surface area (Å²) in [6.07, 6.45) is 3.56. The molecule has 0 saturated heterocycles. The lowest BCUT2D eigenvalue weighted by molar-refractivity contribution is 0.482. The zero-order chi connectivity index (χ0) is 31.9. The molecule has 0 radical (unpaired) electrons. The van der Waals surface area contributed by atoms with E-state index in [0.717, 1.165) is 28.4 Å². The van der Waals surface area contributed by atoms with Gasteiger partial charge < -0.3 is 14.5 Å². The molecular formula is C41H38N4O. The number of anilines is 4. The molecule has 5 heteroatoms. The Hall–Kier alpha value is -5.42. The maximum atomic E-state index is 6.65. The number of hydrogen-bond acceptors (Lipinski definition) is 5. The molecule has 7 rings (SSSR count). The first-order chi connectivity index (χ1) is 22.2. The molecular weight excluding hydrogens is 564 g/mol. The smallest absolute Gasteiger partial charge is 0.131 e. The third kappa shape index (κ3) is 5.49. The molecule has 0 saturated carbocycles. The molecule has 1 aliphatic heterocycles. The van der Waals surface area contributed by atoms with Crippen LogP contribution in [0.2, 0.25) is 0 Å². The van der Waals surface area contributed by atoms with Gasteiger partial charge in [0.05, 0.1) is 22.8 Å². The molecule has 0 fully saturated rings. The van der Waals surface area contributed by atoms with Crippen molar-refractivity contribution in [2.75, 3.05) is 16.5 Å². The maximum absolute atomic E-state index is 6.65. The molecule has 0 aliphatic carbocycles. The Morgan fingerprint density at radius 1 is 0.543 bits per heavy atom. The Balaban J connectivity index is 1.35. The van der Waals surface area contributed by atoms with Crippen molar-refractivity contribution in [2.45, 2.75) is 41.5 Å². The molecule has 0 spiro atoms. The molecule has 4 aromatic carbocycles. The Labute approximate surface area is 271 Å². The maximum Gasteiger partial charge on any atom is 0.131 e. The van der Waals surface area contributed by atoms with Gasteiger partial charge in [-0.25, -0.2) is 0 Å². The lowest BCUT2D eigenvalue weighted by atomic mass is 9.93. The average molecular weight is 603 g/mol. The normalized spacial score (nSPS) is 12.4. The van der Waals surface area contributed by atoms with Crippen LogP contribution >= 0.6 is 0 Å². The van der Waals surface area contributed by atoms with Crippen molar-refractivity contribution in [3.8, 4) is 34.0 Å². The second-order valence-electron chi connectivity index (χ2n) is 12.4. The van der Waals surface area contributed by atoms with E-state index >= 15 is 0 Å². The number of rotatable bonds is 6. The van der Waals surface area contributed by atoms with Crippen molar-refractivity contribution < 1.29 is 4.74 Å². The summed E-state index contributed by atoms with van der Waals surface area (Å²) >= 11 is 0. The predicted molar refractivity (Wildman–Crippen MR) is 190 cm³/mol. The van der Waals surface area contributed by atoms with Gasteiger partial charge in [0.15, 0.2) is 0 Å². The number of ether oxygens (including phenoxy) is 1. The Morgan fingerprint density at radius 3 is 1.85 bits per heavy atom. The second-order valence-corrected chi connectivity index (χ2v) is 12.4. The number of aromatic nitrogens is 2. The van der Waals surface area contributed by atoms with E-state index in [4.69, 9.17) is 4.74 Å². The summed E-state index contributed by atoms with van der Waals surface area (Å²) in [6.45, 7) is 13.8. The minimum atomic E-state index is 0.692. The van der Waals surface area contributed by atoms with E-state index in [9.17, 15) is 0 Å². The Kier molecular flexibility index (Phi) is 7.53. The SMILES string of the molecule is Cc1cc(C)c(-c2cc(Oc3ccnc(-c4ccccn4)c3)cc(N3CN(c4c(C)cc(C)cc4C)c4ccccc43)c2)c(C)c1. The van der Waals surface area contributed by atoms with E-state index in [0.29, 0.717) is 12.4 Å². The van der Waals surface area contributed by atoms with Gasteiger partial charge in [0, 0.05) is 35.9 Å². The summed E-state index contributed by atoms with van der Waals surface area (Å²) in [7, 11) is 0. The highest BCUT2D eigenvalue weighted by molar-refractivity contribution is 5.90. The molecule has 228 valence electrons. The van der Waals surface area contributed by atoms with Crippen molar-refractivity contribution in [3.63, 3.8) is 0 Å². The minimum Gasteiger partial charge on any atom is -0.457 e. The summed E-state index contributed by atoms with van der Waals surface area (Å²) in [6, 6.07) is 34.0. The van der Waals surface area contributed by atoms with Gasteiger partial charge in [-0.05, 0) is 117 Å². The highest BCUT2D eigenvalue weighted by atomic mass is 16.5. The summed E-state index contributed by atoms with van der Waals surface area (Å²) in [4.78, 5) is 13.9. The van der Waals surface area contributed by atoms with Gasteiger partial charge in [0.1, 0.15) is 18.2 Å². The van der Waals surface area contributed by atoms with Gasteiger partial charge in [-0.15, -0.1) is 0 Å². The fourth-order valence-corrected chi connectivity index (χ4v) is 7.07. The third-order valence-electron chi connectivity index (χ3n) is 8.71. The van der Waals surface area contributed by atoms with Crippen LogP contribution in [0.3, 0.4) is 0 Å². The largest absolute Gasteiger partial charge is 0.457 e. The van der Waals surface area contributed by atoms with E-state index in [-0.39, 0.29) is 0 Å². The van der Waals surface area contributed by atoms with Gasteiger partial charge >= 0.3 is 0 Å². The van der Waals surface area contributed by atoms with E-state index in [1.165, 1.54) is 56.0 Å². The van der Waals surface area contributed by atoms with Gasteiger partial charge in [0.2, 0.25) is 0 Å². The van der Waals surface area contributed by atoms with Crippen LogP contribution in [0.5, 0.6) is 11.5 Å². The molecule has 0 bridgehead atoms. The fraction of sp³-hybridized carbons (Fsp3) is 0.171. The molecule has 0 amide bonds. The van der Waals surface area contributed by atoms with Crippen LogP contribution in [-0.4, -0.2) is 16.6 Å². The summed E-state index contributed by atoms with van der Waals surface area (Å²) in [5.74, 6) is 1.48. The lowest BCUT2D eigenvalue weighted by Crippen LogP contribution is -2.25. The molecule has 5 nitrogen and oxygen atoms in total. The quantitative estimate of drug-likeness (QED) is 0.190. The van der Waals surface area contributed by atoms with Crippen LogP contribution in [0.15, 0.2) is 109 Å². The number of pyridine rings is 2. The number of nitrogens with zero attached hydrogens (tertiary/aromatic N) is 4. The highest BCUT2D eigenvalue weighted by Crippen LogP contribution is 2.47. The standard InChI is InChI=1S/C41H38N4O/c1-26-17-28(3)40(29(4)18-26)32-21-33(23-35(22-32)46-34-14-16-43-37(24-34)36-11-9-10-15-42-36)44-25-45(39-13-8-7-12-38(39)44)41-30(5)19-27(2)20-31(41)6/h7-24H,25H2,1-6H3. The molecule has 0 N–H and O–H groups in total. The van der Waals surface area contributed by atoms with Crippen LogP contribution in [0.25, 0.3) is 22.5 Å². The summed E-state index contributed by atoms with van der Waals surface area (Å²) in [5.41, 5.74) is 16.2. The number of para-hydroxylation sites is 2. The molecule has 0 unspecified atom stereocenters. The molecule has 46 heavy (non-hydrogen) atoms. The van der Waals surface area contributed by atoms with Crippen LogP contribution in [0.4, 0.5) is 22.7 Å². The predicted octanol–water partition coefficient (Wildman–Crippen LogP) is 10.7. The second kappa shape index (κ2) is 11.8. The minimum absolute atomic E-state index is 0.692. The highest BCUT2D eigenvalue weighted by Gasteiger charge is 2.30. The number of aryl methyl sites for hydroxylation is 6. The molecule has 3 heterocycles. The molecule has 6 aromatic rings. The molecule has 2 aromatic heterocycles. The van der Waals surface area contributed by atoms with Gasteiger partial charge in [0.25, 0.3) is 0 Å².